The third-order valence-corrected chi connectivity index (χ3v) is 29.1. The van der Waals surface area contributed by atoms with Crippen molar-refractivity contribution in [2.75, 3.05) is 39.6 Å². The van der Waals surface area contributed by atoms with Crippen molar-refractivity contribution in [2.24, 2.45) is 0 Å². The average Bonchev–Trinajstić information content (AvgIpc) is 1.50. The largest absolute Gasteiger partial charge is 0.490 e. The second kappa shape index (κ2) is 45.7. The lowest BCUT2D eigenvalue weighted by atomic mass is 9.65. The van der Waals surface area contributed by atoms with Gasteiger partial charge in [0.2, 0.25) is 0 Å². The summed E-state index contributed by atoms with van der Waals surface area (Å²) >= 11 is 0. The number of benzene rings is 12. The average molecular weight is 1820 g/mol. The Morgan fingerprint density at radius 3 is 0.803 bits per heavy atom. The molecule has 10 heteroatoms. The van der Waals surface area contributed by atoms with Gasteiger partial charge in [-0.1, -0.05) is 381 Å². The molecular formula is C127H142N4O6. The minimum atomic E-state index is -0.918. The minimum absolute atomic E-state index is 0.569. The predicted molar refractivity (Wildman–Crippen MR) is 567 cm³/mol. The summed E-state index contributed by atoms with van der Waals surface area (Å²) in [4.78, 5) is 21.7. The van der Waals surface area contributed by atoms with E-state index in [4.69, 9.17) is 48.4 Å². The molecule has 3 atom stereocenters. The van der Waals surface area contributed by atoms with Crippen LogP contribution in [0.4, 0.5) is 0 Å². The lowest BCUT2D eigenvalue weighted by molar-refractivity contribution is 0.258. The van der Waals surface area contributed by atoms with Gasteiger partial charge in [0.25, 0.3) is 0 Å². The predicted octanol–water partition coefficient (Wildman–Crippen LogP) is 33.6. The van der Waals surface area contributed by atoms with Gasteiger partial charge in [-0.3, -0.25) is 0 Å². The summed E-state index contributed by atoms with van der Waals surface area (Å²) in [5, 5.41) is 0. The van der Waals surface area contributed by atoms with E-state index in [9.17, 15) is 0 Å². The topological polar surface area (TPSA) is 107 Å². The molecule has 0 aliphatic heterocycles. The van der Waals surface area contributed by atoms with Gasteiger partial charge < -0.3 is 28.4 Å². The molecule has 14 aromatic rings. The molecule has 0 saturated carbocycles. The molecule has 0 amide bonds. The van der Waals surface area contributed by atoms with Crippen molar-refractivity contribution in [2.45, 2.75) is 265 Å². The van der Waals surface area contributed by atoms with Crippen LogP contribution < -0.4 is 28.4 Å². The highest BCUT2D eigenvalue weighted by Gasteiger charge is 2.51. The van der Waals surface area contributed by atoms with Crippen molar-refractivity contribution in [1.29, 1.82) is 0 Å². The van der Waals surface area contributed by atoms with Crippen molar-refractivity contribution in [3.05, 3.63) is 356 Å². The number of rotatable bonds is 50. The van der Waals surface area contributed by atoms with Crippen LogP contribution in [0, 0.1) is 27.7 Å². The van der Waals surface area contributed by atoms with Gasteiger partial charge in [0.15, 0.2) is 46.1 Å². The summed E-state index contributed by atoms with van der Waals surface area (Å²) in [6, 6.07) is 91.1. The van der Waals surface area contributed by atoms with E-state index in [0.29, 0.717) is 51.3 Å². The van der Waals surface area contributed by atoms with Gasteiger partial charge in [-0.05, 0) is 244 Å². The molecule has 3 aliphatic rings. The van der Waals surface area contributed by atoms with E-state index >= 15 is 0 Å². The first-order valence-corrected chi connectivity index (χ1v) is 52.2. The van der Waals surface area contributed by atoms with Gasteiger partial charge >= 0.3 is 0 Å². The molecule has 10 nitrogen and oxygen atoms in total. The molecule has 0 bridgehead atoms. The van der Waals surface area contributed by atoms with Crippen molar-refractivity contribution in [3.63, 3.8) is 0 Å². The lowest BCUT2D eigenvalue weighted by Gasteiger charge is -2.36. The maximum atomic E-state index is 7.07. The molecule has 0 radical (unpaired) electrons. The van der Waals surface area contributed by atoms with Gasteiger partial charge in [-0.25, -0.2) is 19.9 Å². The fourth-order valence-electron chi connectivity index (χ4n) is 21.8. The zero-order chi connectivity index (χ0) is 94.5. The van der Waals surface area contributed by atoms with Crippen LogP contribution in [0.3, 0.4) is 0 Å². The van der Waals surface area contributed by atoms with E-state index in [-0.39, 0.29) is 0 Å². The van der Waals surface area contributed by atoms with E-state index in [1.165, 1.54) is 155 Å². The number of nitrogens with zero attached hydrogens (tertiary/aromatic N) is 4. The first kappa shape index (κ1) is 96.3. The van der Waals surface area contributed by atoms with Crippen LogP contribution in [0.5, 0.6) is 34.5 Å². The van der Waals surface area contributed by atoms with E-state index in [1.54, 1.807) is 0 Å². The summed E-state index contributed by atoms with van der Waals surface area (Å²) < 4.78 is 41.1. The number of unbranched alkanes of at least 4 members (excludes halogenated alkanes) is 22. The second-order valence-corrected chi connectivity index (χ2v) is 38.9. The Morgan fingerprint density at radius 2 is 0.453 bits per heavy atom. The quantitative estimate of drug-likeness (QED) is 0.0342. The Bertz CT molecular complexity index is 6400. The third kappa shape index (κ3) is 20.4. The van der Waals surface area contributed by atoms with Crippen LogP contribution in [-0.2, 0) is 16.2 Å². The molecule has 12 aromatic carbocycles. The van der Waals surface area contributed by atoms with E-state index in [0.717, 1.165) is 215 Å². The molecule has 2 aromatic heterocycles. The van der Waals surface area contributed by atoms with Gasteiger partial charge in [0, 0.05) is 47.0 Å². The standard InChI is InChI=1S/C127H142N4O6/c1-11-17-23-25-27-29-31-43-73-134-119-68-59-103(84-122(119)137-74-44-32-30-28-26-24-18-12-2)127(110-75-89(7)49-52-92(110)10)112-77-91(9)51-61-105(112)109-63-54-94(79-116(109)127)98-87-130-124(131-88-98)96-56-65-108-107-64-55-95(80-114(107)126(115(108)81-96,100-47-37-34-38-48-100)102-58-67-118(133-70-40-20-14-4)121(83-102)136-72-42-22-16-6)123-128-85-97(86-129-123)93-53-62-106-104-60-50-90(8)76-111(104)125(113(106)78-93,99-45-35-33-36-46-99)101-57-66-117(132-69-39-19-13-3)120(82-101)135-71-41-21-15-5/h33-38,45-68,75-88H,11-32,39-44,69-74H2,1-10H3. The SMILES string of the molecule is CCCCCCCCCCOc1ccc(C2(c3cc(C)ccc3C)c3cc(C)ccc3-c3ccc(-c4cnc(-c5ccc6c(c5)C(c5ccccc5)(c5ccc(OCCCCC)c(OCCCCC)c5)c5cc(-c7ncc(-c8ccc9c(c8)C(c8ccccc8)(c8ccc(OCCCCC)c(OCCCCC)c8)c8cc(C)ccc8-9)cn7)ccc5-6)nc4)cc32)cc1OCCCCCCCCCC. The van der Waals surface area contributed by atoms with Gasteiger partial charge in [-0.2, -0.15) is 0 Å². The maximum absolute atomic E-state index is 7.07. The molecule has 0 fully saturated rings. The summed E-state index contributed by atoms with van der Waals surface area (Å²) in [5.74, 6) is 5.94. The Labute approximate surface area is 817 Å². The fourth-order valence-corrected chi connectivity index (χ4v) is 21.8. The summed E-state index contributed by atoms with van der Waals surface area (Å²) in [7, 11) is 0. The molecule has 2 heterocycles. The first-order valence-electron chi connectivity index (χ1n) is 52.2. The Hall–Kier alpha value is -12.4. The van der Waals surface area contributed by atoms with Crippen molar-refractivity contribution >= 4 is 0 Å². The Kier molecular flexibility index (Phi) is 32.1. The fraction of sp³-hybridized carbons (Fsp3) is 0.370. The van der Waals surface area contributed by atoms with Gasteiger partial charge in [0.05, 0.1) is 55.9 Å². The van der Waals surface area contributed by atoms with Crippen molar-refractivity contribution in [1.82, 2.24) is 19.9 Å². The lowest BCUT2D eigenvalue weighted by Crippen LogP contribution is -2.30. The van der Waals surface area contributed by atoms with Crippen LogP contribution >= 0.6 is 0 Å². The molecule has 0 saturated heterocycles. The normalized spacial score (nSPS) is 15.3. The molecule has 137 heavy (non-hydrogen) atoms. The Morgan fingerprint density at radius 1 is 0.197 bits per heavy atom. The smallest absolute Gasteiger partial charge is 0.161 e. The Balaban J connectivity index is 0.750. The number of fused-ring (bicyclic) bond motifs is 9. The number of hydrogen-bond acceptors (Lipinski definition) is 10. The van der Waals surface area contributed by atoms with Crippen LogP contribution in [0.1, 0.15) is 310 Å². The molecule has 3 unspecified atom stereocenters. The van der Waals surface area contributed by atoms with Crippen LogP contribution in [0.15, 0.2) is 267 Å². The van der Waals surface area contributed by atoms with Gasteiger partial charge in [0.1, 0.15) is 0 Å². The van der Waals surface area contributed by atoms with Gasteiger partial charge in [-0.15, -0.1) is 0 Å². The molecule has 17 rings (SSSR count). The summed E-state index contributed by atoms with van der Waals surface area (Å²) in [5.41, 5.74) is 29.2. The molecule has 0 N–H and O–H groups in total. The van der Waals surface area contributed by atoms with Crippen molar-refractivity contribution < 1.29 is 28.4 Å². The van der Waals surface area contributed by atoms with E-state index in [1.807, 2.05) is 24.8 Å². The maximum Gasteiger partial charge on any atom is 0.161 e. The summed E-state index contributed by atoms with van der Waals surface area (Å²) in [6.07, 6.45) is 40.5. The highest BCUT2D eigenvalue weighted by atomic mass is 16.5. The van der Waals surface area contributed by atoms with E-state index in [2.05, 4.69) is 312 Å². The summed E-state index contributed by atoms with van der Waals surface area (Å²) in [6.45, 7) is 26.2. The third-order valence-electron chi connectivity index (χ3n) is 29.1. The molecule has 3 aliphatic carbocycles. The second-order valence-electron chi connectivity index (χ2n) is 38.9. The van der Waals surface area contributed by atoms with Crippen LogP contribution in [0.25, 0.3) is 78.4 Å². The number of aromatic nitrogens is 4. The highest BCUT2D eigenvalue weighted by Crippen LogP contribution is 2.63. The molecule has 0 spiro atoms. The van der Waals surface area contributed by atoms with Crippen LogP contribution in [0.2, 0.25) is 0 Å². The molecular weight excluding hydrogens is 1680 g/mol. The van der Waals surface area contributed by atoms with Crippen LogP contribution in [-0.4, -0.2) is 59.6 Å². The van der Waals surface area contributed by atoms with Crippen molar-refractivity contribution in [3.8, 4) is 113 Å². The minimum Gasteiger partial charge on any atom is -0.490 e. The monoisotopic (exact) mass is 1820 g/mol. The number of ether oxygens (including phenoxy) is 6. The molecule has 706 valence electrons. The zero-order valence-electron chi connectivity index (χ0n) is 83.2. The zero-order valence-corrected chi connectivity index (χ0v) is 83.2. The first-order chi connectivity index (χ1) is 67.4. The number of aryl methyl sites for hydroxylation is 4. The highest BCUT2D eigenvalue weighted by molar-refractivity contribution is 5.93. The number of hydrogen-bond donors (Lipinski definition) is 0. The van der Waals surface area contributed by atoms with E-state index < -0.39 is 16.2 Å².